The smallest absolute Gasteiger partial charge is 0.0195 e. The molecule has 2 heterocycles. The van der Waals surface area contributed by atoms with Crippen molar-refractivity contribution in [3.8, 4) is 0 Å². The van der Waals surface area contributed by atoms with Crippen LogP contribution < -0.4 is 0 Å². The summed E-state index contributed by atoms with van der Waals surface area (Å²) >= 11 is 0. The van der Waals surface area contributed by atoms with Gasteiger partial charge in [0.15, 0.2) is 0 Å². The van der Waals surface area contributed by atoms with E-state index in [1.54, 1.807) is 0 Å². The lowest BCUT2D eigenvalue weighted by Gasteiger charge is -2.36. The average Bonchev–Trinajstić information content (AvgIpc) is 3.03. The van der Waals surface area contributed by atoms with E-state index in [9.17, 15) is 0 Å². The molecule has 110 valence electrons. The summed E-state index contributed by atoms with van der Waals surface area (Å²) in [5, 5.41) is 0. The van der Waals surface area contributed by atoms with E-state index in [-0.39, 0.29) is 0 Å². The fourth-order valence-corrected chi connectivity index (χ4v) is 4.40. The Labute approximate surface area is 118 Å². The zero-order valence-electron chi connectivity index (χ0n) is 12.9. The minimum Gasteiger partial charge on any atom is -0.304 e. The summed E-state index contributed by atoms with van der Waals surface area (Å²) in [7, 11) is 2.24. The summed E-state index contributed by atoms with van der Waals surface area (Å²) in [6, 6.07) is 0.753. The fraction of sp³-hybridized carbons (Fsp3) is 1.00. The summed E-state index contributed by atoms with van der Waals surface area (Å²) in [5.74, 6) is 0. The highest BCUT2D eigenvalue weighted by molar-refractivity contribution is 4.95. The Bertz CT molecular complexity index is 290. The van der Waals surface area contributed by atoms with Gasteiger partial charge in [-0.15, -0.1) is 0 Å². The van der Waals surface area contributed by atoms with Crippen LogP contribution in [0.5, 0.6) is 0 Å². The Hall–Kier alpha value is -0.120. The lowest BCUT2D eigenvalue weighted by Crippen LogP contribution is -2.49. The number of likely N-dealkylation sites (tertiary alicyclic amines) is 1. The van der Waals surface area contributed by atoms with Crippen LogP contribution in [0.15, 0.2) is 0 Å². The quantitative estimate of drug-likeness (QED) is 0.771. The van der Waals surface area contributed by atoms with Gasteiger partial charge in [0.2, 0.25) is 0 Å². The van der Waals surface area contributed by atoms with Gasteiger partial charge in [0.05, 0.1) is 0 Å². The summed E-state index contributed by atoms with van der Waals surface area (Å²) in [6.45, 7) is 11.5. The molecule has 0 aromatic rings. The van der Waals surface area contributed by atoms with Crippen LogP contribution in [0.25, 0.3) is 0 Å². The molecule has 3 nitrogen and oxygen atoms in total. The van der Waals surface area contributed by atoms with Crippen molar-refractivity contribution in [2.45, 2.75) is 45.1 Å². The molecular weight excluding hydrogens is 234 g/mol. The summed E-state index contributed by atoms with van der Waals surface area (Å²) < 4.78 is 0. The highest BCUT2D eigenvalue weighted by Gasteiger charge is 2.41. The van der Waals surface area contributed by atoms with E-state index < -0.39 is 0 Å². The first-order valence-corrected chi connectivity index (χ1v) is 8.32. The second kappa shape index (κ2) is 5.71. The molecule has 1 spiro atoms. The first-order valence-electron chi connectivity index (χ1n) is 8.32. The largest absolute Gasteiger partial charge is 0.304 e. The second-order valence-corrected chi connectivity index (χ2v) is 7.38. The van der Waals surface area contributed by atoms with Gasteiger partial charge in [-0.3, -0.25) is 9.80 Å². The lowest BCUT2D eigenvalue weighted by molar-refractivity contribution is 0.110. The number of rotatable bonds is 3. The van der Waals surface area contributed by atoms with Gasteiger partial charge in [-0.25, -0.2) is 0 Å². The van der Waals surface area contributed by atoms with Gasteiger partial charge < -0.3 is 4.90 Å². The van der Waals surface area contributed by atoms with Crippen molar-refractivity contribution in [1.29, 1.82) is 0 Å². The molecule has 1 unspecified atom stereocenters. The van der Waals surface area contributed by atoms with E-state index in [1.807, 2.05) is 0 Å². The van der Waals surface area contributed by atoms with Crippen molar-refractivity contribution in [3.63, 3.8) is 0 Å². The van der Waals surface area contributed by atoms with Crippen molar-refractivity contribution in [3.05, 3.63) is 0 Å². The van der Waals surface area contributed by atoms with Gasteiger partial charge in [0.25, 0.3) is 0 Å². The molecule has 0 radical (unpaired) electrons. The molecule has 0 N–H and O–H groups in total. The topological polar surface area (TPSA) is 9.72 Å². The molecule has 2 aliphatic heterocycles. The van der Waals surface area contributed by atoms with Gasteiger partial charge in [-0.05, 0) is 45.2 Å². The Morgan fingerprint density at radius 2 is 1.63 bits per heavy atom. The zero-order valence-corrected chi connectivity index (χ0v) is 12.9. The van der Waals surface area contributed by atoms with Crippen LogP contribution in [0.4, 0.5) is 0 Å². The number of hydrogen-bond acceptors (Lipinski definition) is 3. The molecule has 0 aromatic carbocycles. The molecule has 0 amide bonds. The molecule has 1 saturated carbocycles. The molecule has 1 atom stereocenters. The maximum atomic E-state index is 2.78. The van der Waals surface area contributed by atoms with Crippen LogP contribution in [-0.4, -0.2) is 73.6 Å². The van der Waals surface area contributed by atoms with Crippen molar-refractivity contribution in [2.75, 3.05) is 52.9 Å². The van der Waals surface area contributed by atoms with Crippen molar-refractivity contribution >= 4 is 0 Å². The maximum absolute atomic E-state index is 2.78. The van der Waals surface area contributed by atoms with Gasteiger partial charge in [-0.1, -0.05) is 12.8 Å². The first kappa shape index (κ1) is 13.8. The monoisotopic (exact) mass is 265 g/mol. The molecule has 1 aliphatic carbocycles. The fourth-order valence-electron chi connectivity index (χ4n) is 4.40. The number of nitrogens with zero attached hydrogens (tertiary/aromatic N) is 3. The SMILES string of the molecule is CC(CN1CCN(C)CC1)N1CCC2(CCCC2)C1. The molecule has 3 rings (SSSR count). The summed E-state index contributed by atoms with van der Waals surface area (Å²) in [6.07, 6.45) is 7.46. The Kier molecular flexibility index (Phi) is 4.16. The predicted molar refractivity (Wildman–Crippen MR) is 80.5 cm³/mol. The number of piperazine rings is 1. The molecule has 2 saturated heterocycles. The highest BCUT2D eigenvalue weighted by atomic mass is 15.3. The van der Waals surface area contributed by atoms with Crippen LogP contribution in [0.3, 0.4) is 0 Å². The third kappa shape index (κ3) is 3.14. The Morgan fingerprint density at radius 3 is 2.32 bits per heavy atom. The third-order valence-corrected chi connectivity index (χ3v) is 5.87. The van der Waals surface area contributed by atoms with E-state index >= 15 is 0 Å². The van der Waals surface area contributed by atoms with Gasteiger partial charge in [-0.2, -0.15) is 0 Å². The van der Waals surface area contributed by atoms with Gasteiger partial charge in [0.1, 0.15) is 0 Å². The van der Waals surface area contributed by atoms with Crippen molar-refractivity contribution in [1.82, 2.24) is 14.7 Å². The average molecular weight is 265 g/mol. The zero-order chi connectivity index (χ0) is 13.3. The minimum absolute atomic E-state index is 0.733. The number of hydrogen-bond donors (Lipinski definition) is 0. The summed E-state index contributed by atoms with van der Waals surface area (Å²) in [5.41, 5.74) is 0.733. The molecule has 0 bridgehead atoms. The first-order chi connectivity index (χ1) is 9.17. The maximum Gasteiger partial charge on any atom is 0.0195 e. The molecule has 3 heteroatoms. The van der Waals surface area contributed by atoms with Crippen LogP contribution in [0, 0.1) is 5.41 Å². The molecular formula is C16H31N3. The molecule has 3 aliphatic rings. The summed E-state index contributed by atoms with van der Waals surface area (Å²) in [4.78, 5) is 7.90. The van der Waals surface area contributed by atoms with E-state index in [0.717, 1.165) is 11.5 Å². The van der Waals surface area contributed by atoms with Gasteiger partial charge in [0, 0.05) is 45.3 Å². The molecule has 19 heavy (non-hydrogen) atoms. The van der Waals surface area contributed by atoms with Gasteiger partial charge >= 0.3 is 0 Å². The van der Waals surface area contributed by atoms with E-state index in [0.29, 0.717) is 0 Å². The Morgan fingerprint density at radius 1 is 0.947 bits per heavy atom. The van der Waals surface area contributed by atoms with Crippen LogP contribution in [0.1, 0.15) is 39.0 Å². The normalized spacial score (nSPS) is 31.3. The van der Waals surface area contributed by atoms with Crippen LogP contribution >= 0.6 is 0 Å². The highest BCUT2D eigenvalue weighted by Crippen LogP contribution is 2.45. The standard InChI is InChI=1S/C16H31N3/c1-15(13-18-11-9-17(2)10-12-18)19-8-7-16(14-19)5-3-4-6-16/h15H,3-14H2,1-2H3. The third-order valence-electron chi connectivity index (χ3n) is 5.87. The molecule has 3 fully saturated rings. The van der Waals surface area contributed by atoms with E-state index in [1.165, 1.54) is 77.9 Å². The minimum atomic E-state index is 0.733. The predicted octanol–water partition coefficient (Wildman–Crippen LogP) is 1.89. The van der Waals surface area contributed by atoms with Crippen molar-refractivity contribution in [2.24, 2.45) is 5.41 Å². The van der Waals surface area contributed by atoms with Crippen molar-refractivity contribution < 1.29 is 0 Å². The molecule has 0 aromatic heterocycles. The van der Waals surface area contributed by atoms with E-state index in [4.69, 9.17) is 0 Å². The Balaban J connectivity index is 1.47. The van der Waals surface area contributed by atoms with Crippen LogP contribution in [0.2, 0.25) is 0 Å². The van der Waals surface area contributed by atoms with Crippen LogP contribution in [-0.2, 0) is 0 Å². The van der Waals surface area contributed by atoms with E-state index in [2.05, 4.69) is 28.7 Å². The lowest BCUT2D eigenvalue weighted by atomic mass is 9.86. The number of likely N-dealkylation sites (N-methyl/N-ethyl adjacent to an activating group) is 1. The second-order valence-electron chi connectivity index (χ2n) is 7.38.